The summed E-state index contributed by atoms with van der Waals surface area (Å²) in [5.41, 5.74) is 2.37. The highest BCUT2D eigenvalue weighted by atomic mass is 79.9. The van der Waals surface area contributed by atoms with Crippen LogP contribution in [0.2, 0.25) is 0 Å². The van der Waals surface area contributed by atoms with E-state index in [1.165, 1.54) is 34.4 Å². The monoisotopic (exact) mass is 351 g/mol. The first-order chi connectivity index (χ1) is 8.43. The molecule has 0 N–H and O–H groups in total. The number of sulfonamides is 1. The molecule has 2 rings (SSSR count). The molecule has 0 atom stereocenters. The number of hydrogen-bond donors (Lipinski definition) is 0. The van der Waals surface area contributed by atoms with Crippen LogP contribution in [0.3, 0.4) is 0 Å². The van der Waals surface area contributed by atoms with Gasteiger partial charge in [0.05, 0.1) is 17.7 Å². The molecule has 18 heavy (non-hydrogen) atoms. The molecule has 0 aliphatic heterocycles. The molecule has 0 fully saturated rings. The van der Waals surface area contributed by atoms with E-state index in [1.54, 1.807) is 5.51 Å². The van der Waals surface area contributed by atoms with Crippen molar-refractivity contribution in [2.45, 2.75) is 11.6 Å². The molecule has 0 aliphatic carbocycles. The van der Waals surface area contributed by atoms with Crippen molar-refractivity contribution in [3.05, 3.63) is 21.2 Å². The highest BCUT2D eigenvalue weighted by Crippen LogP contribution is 2.22. The molecule has 0 radical (unpaired) electrons. The molecule has 0 unspecified atom stereocenters. The molecule has 0 bridgehead atoms. The van der Waals surface area contributed by atoms with E-state index in [9.17, 15) is 8.42 Å². The zero-order valence-electron chi connectivity index (χ0n) is 9.61. The van der Waals surface area contributed by atoms with Crippen LogP contribution in [0.25, 0.3) is 0 Å². The molecule has 0 saturated carbocycles. The molecule has 98 valence electrons. The van der Waals surface area contributed by atoms with E-state index >= 15 is 0 Å². The second-order valence-corrected chi connectivity index (χ2v) is 6.98. The first kappa shape index (κ1) is 13.6. The minimum atomic E-state index is -3.64. The van der Waals surface area contributed by atoms with Crippen LogP contribution in [0.15, 0.2) is 20.5 Å². The summed E-state index contributed by atoms with van der Waals surface area (Å²) in [5.74, 6) is 0. The SMILES string of the molecule is CN(Cc1cscn1)S(=O)(=O)c1c(Br)nnn1C. The maximum atomic E-state index is 12.3. The molecule has 0 saturated heterocycles. The zero-order valence-corrected chi connectivity index (χ0v) is 12.8. The molecule has 2 aromatic heterocycles. The summed E-state index contributed by atoms with van der Waals surface area (Å²) in [7, 11) is -0.621. The van der Waals surface area contributed by atoms with Gasteiger partial charge in [0.15, 0.2) is 4.60 Å². The van der Waals surface area contributed by atoms with Crippen molar-refractivity contribution in [2.24, 2.45) is 7.05 Å². The van der Waals surface area contributed by atoms with Gasteiger partial charge in [-0.25, -0.2) is 18.1 Å². The van der Waals surface area contributed by atoms with E-state index in [1.807, 2.05) is 5.38 Å². The van der Waals surface area contributed by atoms with Gasteiger partial charge in [0, 0.05) is 19.5 Å². The van der Waals surface area contributed by atoms with Crippen molar-refractivity contribution in [2.75, 3.05) is 7.05 Å². The van der Waals surface area contributed by atoms with E-state index in [0.29, 0.717) is 5.69 Å². The lowest BCUT2D eigenvalue weighted by atomic mass is 10.5. The van der Waals surface area contributed by atoms with Crippen molar-refractivity contribution in [3.63, 3.8) is 0 Å². The van der Waals surface area contributed by atoms with Crippen LogP contribution in [0.5, 0.6) is 0 Å². The Morgan fingerprint density at radius 1 is 1.56 bits per heavy atom. The molecule has 0 aliphatic rings. The fourth-order valence-corrected chi connectivity index (χ4v) is 4.09. The minimum Gasteiger partial charge on any atom is -0.248 e. The van der Waals surface area contributed by atoms with Gasteiger partial charge in [0.25, 0.3) is 10.0 Å². The smallest absolute Gasteiger partial charge is 0.248 e. The van der Waals surface area contributed by atoms with Crippen molar-refractivity contribution in [1.29, 1.82) is 0 Å². The van der Waals surface area contributed by atoms with Crippen LogP contribution >= 0.6 is 27.3 Å². The van der Waals surface area contributed by atoms with Crippen LogP contribution in [0, 0.1) is 0 Å². The highest BCUT2D eigenvalue weighted by Gasteiger charge is 2.28. The van der Waals surface area contributed by atoms with E-state index in [4.69, 9.17) is 0 Å². The Morgan fingerprint density at radius 3 is 2.78 bits per heavy atom. The molecular formula is C8H10BrN5O2S2. The summed E-state index contributed by atoms with van der Waals surface area (Å²) >= 11 is 4.51. The Labute approximate surface area is 117 Å². The Morgan fingerprint density at radius 2 is 2.28 bits per heavy atom. The summed E-state index contributed by atoms with van der Waals surface area (Å²) in [6.45, 7) is 0.212. The van der Waals surface area contributed by atoms with E-state index in [0.717, 1.165) is 0 Å². The standard InChI is InChI=1S/C8H10BrN5O2S2/c1-13(3-6-4-17-5-10-6)18(15,16)8-7(9)11-12-14(8)2/h4-5H,3H2,1-2H3. The first-order valence-electron chi connectivity index (χ1n) is 4.81. The molecule has 0 amide bonds. The van der Waals surface area contributed by atoms with Gasteiger partial charge < -0.3 is 0 Å². The first-order valence-corrected chi connectivity index (χ1v) is 7.99. The average Bonchev–Trinajstić information content (AvgIpc) is 2.89. The average molecular weight is 352 g/mol. The maximum Gasteiger partial charge on any atom is 0.263 e. The number of aromatic nitrogens is 4. The second kappa shape index (κ2) is 5.03. The summed E-state index contributed by atoms with van der Waals surface area (Å²) in [5, 5.41) is 9.17. The predicted octanol–water partition coefficient (Wildman–Crippen LogP) is 0.855. The van der Waals surface area contributed by atoms with E-state index in [2.05, 4.69) is 31.2 Å². The number of thiazole rings is 1. The molecule has 0 spiro atoms. The second-order valence-electron chi connectivity index (χ2n) is 3.55. The number of hydrogen-bond acceptors (Lipinski definition) is 6. The van der Waals surface area contributed by atoms with Crippen LogP contribution in [-0.4, -0.2) is 39.7 Å². The molecule has 2 heterocycles. The van der Waals surface area contributed by atoms with Crippen LogP contribution < -0.4 is 0 Å². The van der Waals surface area contributed by atoms with Gasteiger partial charge in [0.2, 0.25) is 5.03 Å². The third-order valence-electron chi connectivity index (χ3n) is 2.26. The molecule has 7 nitrogen and oxygen atoms in total. The van der Waals surface area contributed by atoms with Crippen LogP contribution in [-0.2, 0) is 23.6 Å². The quantitative estimate of drug-likeness (QED) is 0.815. The van der Waals surface area contributed by atoms with E-state index in [-0.39, 0.29) is 16.2 Å². The summed E-state index contributed by atoms with van der Waals surface area (Å²) in [6, 6.07) is 0. The van der Waals surface area contributed by atoms with E-state index < -0.39 is 10.0 Å². The van der Waals surface area contributed by atoms with Crippen molar-refractivity contribution >= 4 is 37.3 Å². The maximum absolute atomic E-state index is 12.3. The predicted molar refractivity (Wildman–Crippen MR) is 69.5 cm³/mol. The lowest BCUT2D eigenvalue weighted by Gasteiger charge is -2.15. The topological polar surface area (TPSA) is 81.0 Å². The third-order valence-corrected chi connectivity index (χ3v) is 5.59. The Balaban J connectivity index is 2.32. The van der Waals surface area contributed by atoms with Gasteiger partial charge in [0.1, 0.15) is 0 Å². The number of aryl methyl sites for hydroxylation is 1. The molecule has 0 aromatic carbocycles. The Hall–Kier alpha value is -0.840. The normalized spacial score (nSPS) is 12.2. The lowest BCUT2D eigenvalue weighted by Crippen LogP contribution is -2.28. The Bertz CT molecular complexity index is 617. The largest absolute Gasteiger partial charge is 0.263 e. The third kappa shape index (κ3) is 2.46. The molecule has 2 aromatic rings. The number of halogens is 1. The summed E-state index contributed by atoms with van der Waals surface area (Å²) in [6.07, 6.45) is 0. The van der Waals surface area contributed by atoms with Crippen LogP contribution in [0.1, 0.15) is 5.69 Å². The number of rotatable bonds is 4. The minimum absolute atomic E-state index is 0.0280. The summed E-state index contributed by atoms with van der Waals surface area (Å²) < 4.78 is 27.3. The lowest BCUT2D eigenvalue weighted by molar-refractivity contribution is 0.453. The molecule has 10 heteroatoms. The van der Waals surface area contributed by atoms with Crippen molar-refractivity contribution < 1.29 is 8.42 Å². The fraction of sp³-hybridized carbons (Fsp3) is 0.375. The van der Waals surface area contributed by atoms with Crippen molar-refractivity contribution in [1.82, 2.24) is 24.3 Å². The fourth-order valence-electron chi connectivity index (χ4n) is 1.37. The van der Waals surface area contributed by atoms with Gasteiger partial charge in [-0.05, 0) is 15.9 Å². The van der Waals surface area contributed by atoms with Crippen molar-refractivity contribution in [3.8, 4) is 0 Å². The number of nitrogens with zero attached hydrogens (tertiary/aromatic N) is 5. The van der Waals surface area contributed by atoms with Gasteiger partial charge in [-0.1, -0.05) is 5.21 Å². The molecular weight excluding hydrogens is 342 g/mol. The highest BCUT2D eigenvalue weighted by molar-refractivity contribution is 9.10. The van der Waals surface area contributed by atoms with Gasteiger partial charge in [-0.2, -0.15) is 4.31 Å². The summed E-state index contributed by atoms with van der Waals surface area (Å²) in [4.78, 5) is 4.06. The zero-order chi connectivity index (χ0) is 13.3. The van der Waals surface area contributed by atoms with Crippen LogP contribution in [0.4, 0.5) is 0 Å². The Kier molecular flexibility index (Phi) is 3.80. The van der Waals surface area contributed by atoms with Gasteiger partial charge >= 0.3 is 0 Å². The van der Waals surface area contributed by atoms with Gasteiger partial charge in [-0.15, -0.1) is 16.4 Å². The van der Waals surface area contributed by atoms with Gasteiger partial charge in [-0.3, -0.25) is 0 Å².